The van der Waals surface area contributed by atoms with Crippen molar-refractivity contribution in [2.24, 2.45) is 11.1 Å². The molecule has 0 aliphatic carbocycles. The molecule has 178 valence electrons. The van der Waals surface area contributed by atoms with Crippen LogP contribution < -0.4 is 16.0 Å². The number of fused-ring (bicyclic) bond motifs is 3. The van der Waals surface area contributed by atoms with E-state index < -0.39 is 5.91 Å². The first-order valence-corrected chi connectivity index (χ1v) is 12.2. The van der Waals surface area contributed by atoms with Gasteiger partial charge in [-0.15, -0.1) is 0 Å². The van der Waals surface area contributed by atoms with Crippen molar-refractivity contribution in [3.8, 4) is 0 Å². The largest absolute Gasteiger partial charge is 0.365 e. The number of hydroxylamine groups is 2. The fourth-order valence-corrected chi connectivity index (χ4v) is 6.20. The number of carbonyl (C=O) groups excluding carboxylic acids is 2. The van der Waals surface area contributed by atoms with E-state index in [4.69, 9.17) is 10.7 Å². The van der Waals surface area contributed by atoms with E-state index in [1.165, 1.54) is 10.6 Å². The Bertz CT molecular complexity index is 1290. The Kier molecular flexibility index (Phi) is 5.00. The molecule has 5 N–H and O–H groups in total. The lowest BCUT2D eigenvalue weighted by Crippen LogP contribution is -2.47. The number of hydrogen-bond donors (Lipinski definition) is 4. The highest BCUT2D eigenvalue weighted by Gasteiger charge is 2.45. The van der Waals surface area contributed by atoms with Gasteiger partial charge in [0.1, 0.15) is 5.82 Å². The minimum Gasteiger partial charge on any atom is -0.365 e. The van der Waals surface area contributed by atoms with Crippen molar-refractivity contribution in [1.82, 2.24) is 20.3 Å². The Balaban J connectivity index is 1.46. The molecule has 34 heavy (non-hydrogen) atoms. The summed E-state index contributed by atoms with van der Waals surface area (Å²) in [7, 11) is 0. The van der Waals surface area contributed by atoms with Crippen LogP contribution in [0.3, 0.4) is 0 Å². The van der Waals surface area contributed by atoms with E-state index in [1.54, 1.807) is 6.20 Å². The number of carbonyl (C=O) groups is 2. The molecule has 1 aromatic carbocycles. The van der Waals surface area contributed by atoms with E-state index in [1.807, 2.05) is 0 Å². The SMILES string of the molecule is NC(=O)c1cnc(N2CCCC3(CCNC3=O)C2)c2c1[nH]c1cc(C3CCN(O)CC3)ccc12. The van der Waals surface area contributed by atoms with Crippen molar-refractivity contribution >= 4 is 39.4 Å². The van der Waals surface area contributed by atoms with Crippen LogP contribution in [0.1, 0.15) is 53.9 Å². The van der Waals surface area contributed by atoms with Crippen molar-refractivity contribution in [3.05, 3.63) is 35.5 Å². The first-order chi connectivity index (χ1) is 16.4. The van der Waals surface area contributed by atoms with Gasteiger partial charge in [0, 0.05) is 49.8 Å². The van der Waals surface area contributed by atoms with E-state index in [0.29, 0.717) is 36.6 Å². The van der Waals surface area contributed by atoms with Gasteiger partial charge in [0.05, 0.1) is 21.9 Å². The number of amides is 2. The minimum absolute atomic E-state index is 0.139. The molecule has 3 aromatic rings. The molecule has 2 aromatic heterocycles. The number of hydrogen-bond acceptors (Lipinski definition) is 6. The Morgan fingerprint density at radius 2 is 2.03 bits per heavy atom. The summed E-state index contributed by atoms with van der Waals surface area (Å²) in [4.78, 5) is 35.3. The van der Waals surface area contributed by atoms with Gasteiger partial charge in [0.15, 0.2) is 0 Å². The second-order valence-corrected chi connectivity index (χ2v) is 10.1. The Morgan fingerprint density at radius 1 is 1.21 bits per heavy atom. The van der Waals surface area contributed by atoms with Gasteiger partial charge >= 0.3 is 0 Å². The number of primary amides is 1. The summed E-state index contributed by atoms with van der Waals surface area (Å²) in [5.74, 6) is 0.803. The van der Waals surface area contributed by atoms with Crippen LogP contribution in [0.2, 0.25) is 0 Å². The molecule has 3 fully saturated rings. The summed E-state index contributed by atoms with van der Waals surface area (Å²) < 4.78 is 0. The zero-order chi connectivity index (χ0) is 23.4. The monoisotopic (exact) mass is 462 g/mol. The maximum atomic E-state index is 12.7. The van der Waals surface area contributed by atoms with Gasteiger partial charge in [-0.1, -0.05) is 12.1 Å². The molecular weight excluding hydrogens is 432 g/mol. The normalized spacial score (nSPS) is 24.4. The number of benzene rings is 1. The second-order valence-electron chi connectivity index (χ2n) is 10.1. The van der Waals surface area contributed by atoms with Crippen LogP contribution >= 0.6 is 0 Å². The first kappa shape index (κ1) is 21.4. The number of aromatic nitrogens is 2. The summed E-state index contributed by atoms with van der Waals surface area (Å²) in [6.07, 6.45) is 6.02. The molecule has 1 atom stereocenters. The number of anilines is 1. The molecule has 3 saturated heterocycles. The van der Waals surface area contributed by atoms with Crippen molar-refractivity contribution in [3.63, 3.8) is 0 Å². The van der Waals surface area contributed by atoms with E-state index in [9.17, 15) is 14.8 Å². The molecule has 6 rings (SSSR count). The minimum atomic E-state index is -0.517. The number of rotatable bonds is 3. The van der Waals surface area contributed by atoms with Crippen molar-refractivity contribution in [2.75, 3.05) is 37.6 Å². The van der Waals surface area contributed by atoms with Crippen LogP contribution in [-0.4, -0.2) is 64.8 Å². The van der Waals surface area contributed by atoms with Gasteiger partial charge in [0.25, 0.3) is 5.91 Å². The molecular formula is C25H30N6O3. The summed E-state index contributed by atoms with van der Waals surface area (Å²) >= 11 is 0. The number of pyridine rings is 1. The van der Waals surface area contributed by atoms with Gasteiger partial charge in [0.2, 0.25) is 5.91 Å². The van der Waals surface area contributed by atoms with Crippen LogP contribution in [0.25, 0.3) is 21.8 Å². The standard InChI is InChI=1S/C25H30N6O3/c26-22(32)18-13-28-23(30-9-1-6-25(14-30)7-8-27-24(25)33)20-17-3-2-16(12-19(17)29-21(18)20)15-4-10-31(34)11-5-15/h2-3,12-13,15,29,34H,1,4-11,14H2,(H2,26,32)(H,27,33). The van der Waals surface area contributed by atoms with Gasteiger partial charge in [-0.25, -0.2) is 4.98 Å². The summed E-state index contributed by atoms with van der Waals surface area (Å²) in [5.41, 5.74) is 8.58. The van der Waals surface area contributed by atoms with E-state index in [0.717, 1.165) is 67.3 Å². The fraction of sp³-hybridized carbons (Fsp3) is 0.480. The van der Waals surface area contributed by atoms with Crippen molar-refractivity contribution in [1.29, 1.82) is 0 Å². The molecule has 2 amide bonds. The molecule has 0 bridgehead atoms. The van der Waals surface area contributed by atoms with Gasteiger partial charge in [-0.3, -0.25) is 9.59 Å². The highest BCUT2D eigenvalue weighted by Crippen LogP contribution is 2.42. The average Bonchev–Trinajstić information content (AvgIpc) is 3.38. The Morgan fingerprint density at radius 3 is 2.76 bits per heavy atom. The van der Waals surface area contributed by atoms with Crippen LogP contribution in [-0.2, 0) is 4.79 Å². The van der Waals surface area contributed by atoms with E-state index in [-0.39, 0.29) is 11.3 Å². The molecule has 0 saturated carbocycles. The third kappa shape index (κ3) is 3.33. The lowest BCUT2D eigenvalue weighted by Gasteiger charge is -2.39. The first-order valence-electron chi connectivity index (χ1n) is 12.2. The molecule has 3 aliphatic heterocycles. The van der Waals surface area contributed by atoms with Crippen LogP contribution in [0, 0.1) is 5.41 Å². The molecule has 9 heteroatoms. The number of aromatic amines is 1. The maximum absolute atomic E-state index is 12.7. The number of piperidine rings is 2. The Hall–Kier alpha value is -3.17. The fourth-order valence-electron chi connectivity index (χ4n) is 6.20. The highest BCUT2D eigenvalue weighted by molar-refractivity contribution is 6.18. The number of H-pyrrole nitrogens is 1. The maximum Gasteiger partial charge on any atom is 0.252 e. The van der Waals surface area contributed by atoms with Gasteiger partial charge in [-0.05, 0) is 49.7 Å². The van der Waals surface area contributed by atoms with Crippen molar-refractivity contribution < 1.29 is 14.8 Å². The van der Waals surface area contributed by atoms with Gasteiger partial charge < -0.3 is 26.1 Å². The average molecular weight is 463 g/mol. The molecule has 5 heterocycles. The lowest BCUT2D eigenvalue weighted by atomic mass is 9.78. The summed E-state index contributed by atoms with van der Waals surface area (Å²) in [5, 5.41) is 16.0. The molecule has 1 spiro atoms. The number of nitrogens with one attached hydrogen (secondary N) is 2. The molecule has 9 nitrogen and oxygen atoms in total. The lowest BCUT2D eigenvalue weighted by molar-refractivity contribution is -0.128. The topological polar surface area (TPSA) is 128 Å². The predicted octanol–water partition coefficient (Wildman–Crippen LogP) is 2.49. The number of nitrogens with zero attached hydrogens (tertiary/aromatic N) is 3. The summed E-state index contributed by atoms with van der Waals surface area (Å²) in [6, 6.07) is 6.41. The van der Waals surface area contributed by atoms with E-state index >= 15 is 0 Å². The third-order valence-corrected chi connectivity index (χ3v) is 8.09. The molecule has 1 unspecified atom stereocenters. The smallest absolute Gasteiger partial charge is 0.252 e. The molecule has 0 radical (unpaired) electrons. The number of nitrogens with two attached hydrogens (primary N) is 1. The van der Waals surface area contributed by atoms with Gasteiger partial charge in [-0.2, -0.15) is 5.06 Å². The van der Waals surface area contributed by atoms with E-state index in [2.05, 4.69) is 33.4 Å². The van der Waals surface area contributed by atoms with Crippen molar-refractivity contribution in [2.45, 2.75) is 38.0 Å². The zero-order valence-corrected chi connectivity index (χ0v) is 19.1. The van der Waals surface area contributed by atoms with Crippen LogP contribution in [0.4, 0.5) is 5.82 Å². The summed E-state index contributed by atoms with van der Waals surface area (Å²) in [6.45, 7) is 3.50. The van der Waals surface area contributed by atoms with Crippen LogP contribution in [0.5, 0.6) is 0 Å². The molecule has 3 aliphatic rings. The quantitative estimate of drug-likeness (QED) is 0.474. The highest BCUT2D eigenvalue weighted by atomic mass is 16.5. The second kappa shape index (κ2) is 7.95. The predicted molar refractivity (Wildman–Crippen MR) is 129 cm³/mol. The third-order valence-electron chi connectivity index (χ3n) is 8.09. The van der Waals surface area contributed by atoms with Crippen LogP contribution in [0.15, 0.2) is 24.4 Å². The Labute approximate surface area is 197 Å². The zero-order valence-electron chi connectivity index (χ0n) is 19.1.